The SMILES string of the molecule is O=C=NCCc1ccc(Br)cc1[N+](=O)[O-]. The minimum Gasteiger partial charge on any atom is -0.258 e. The molecule has 6 heteroatoms. The molecule has 1 aromatic carbocycles. The maximum absolute atomic E-state index is 10.7. The van der Waals surface area contributed by atoms with Crippen LogP contribution in [0.5, 0.6) is 0 Å². The van der Waals surface area contributed by atoms with E-state index in [-0.39, 0.29) is 12.2 Å². The predicted molar refractivity (Wildman–Crippen MR) is 57.5 cm³/mol. The summed E-state index contributed by atoms with van der Waals surface area (Å²) in [7, 11) is 0. The highest BCUT2D eigenvalue weighted by atomic mass is 79.9. The normalized spacial score (nSPS) is 9.40. The number of hydrogen-bond donors (Lipinski definition) is 0. The van der Waals surface area contributed by atoms with Crippen LogP contribution in [0.3, 0.4) is 0 Å². The molecule has 0 atom stereocenters. The smallest absolute Gasteiger partial charge is 0.258 e. The molecule has 0 saturated carbocycles. The number of nitro groups is 1. The fourth-order valence-corrected chi connectivity index (χ4v) is 1.49. The maximum atomic E-state index is 10.7. The van der Waals surface area contributed by atoms with Crippen LogP contribution in [-0.4, -0.2) is 17.5 Å². The Hall–Kier alpha value is -1.52. The summed E-state index contributed by atoms with van der Waals surface area (Å²) < 4.78 is 0.650. The molecule has 15 heavy (non-hydrogen) atoms. The van der Waals surface area contributed by atoms with E-state index >= 15 is 0 Å². The number of nitrogens with zero attached hydrogens (tertiary/aromatic N) is 2. The molecule has 1 aromatic rings. The summed E-state index contributed by atoms with van der Waals surface area (Å²) >= 11 is 3.16. The molecule has 0 amide bonds. The number of benzene rings is 1. The summed E-state index contributed by atoms with van der Waals surface area (Å²) in [5.41, 5.74) is 0.590. The van der Waals surface area contributed by atoms with E-state index in [0.29, 0.717) is 16.5 Å². The summed E-state index contributed by atoms with van der Waals surface area (Å²) in [5, 5.41) is 10.7. The number of nitro benzene ring substituents is 1. The van der Waals surface area contributed by atoms with Gasteiger partial charge in [-0.05, 0) is 12.5 Å². The monoisotopic (exact) mass is 270 g/mol. The highest BCUT2D eigenvalue weighted by Gasteiger charge is 2.13. The molecule has 0 aromatic heterocycles. The lowest BCUT2D eigenvalue weighted by atomic mass is 10.1. The molecular weight excluding hydrogens is 264 g/mol. The van der Waals surface area contributed by atoms with Crippen LogP contribution in [-0.2, 0) is 11.2 Å². The molecule has 0 aliphatic heterocycles. The number of hydrogen-bond acceptors (Lipinski definition) is 4. The topological polar surface area (TPSA) is 72.6 Å². The Balaban J connectivity index is 2.95. The summed E-state index contributed by atoms with van der Waals surface area (Å²) in [6.07, 6.45) is 1.75. The molecule has 0 aliphatic carbocycles. The number of rotatable bonds is 4. The van der Waals surface area contributed by atoms with E-state index in [9.17, 15) is 14.9 Å². The molecule has 0 spiro atoms. The zero-order valence-corrected chi connectivity index (χ0v) is 9.23. The molecule has 0 N–H and O–H groups in total. The highest BCUT2D eigenvalue weighted by molar-refractivity contribution is 9.10. The fraction of sp³-hybridized carbons (Fsp3) is 0.222. The van der Waals surface area contributed by atoms with Gasteiger partial charge in [-0.25, -0.2) is 9.79 Å². The van der Waals surface area contributed by atoms with Gasteiger partial charge in [0.2, 0.25) is 6.08 Å². The first kappa shape index (κ1) is 11.6. The Morgan fingerprint density at radius 2 is 2.27 bits per heavy atom. The van der Waals surface area contributed by atoms with Gasteiger partial charge in [0, 0.05) is 16.1 Å². The number of isocyanates is 1. The standard InChI is InChI=1S/C9H7BrN2O3/c10-8-2-1-7(3-4-11-6-13)9(5-8)12(14)15/h1-2,5H,3-4H2. The van der Waals surface area contributed by atoms with Crippen LogP contribution < -0.4 is 0 Å². The van der Waals surface area contributed by atoms with E-state index in [1.165, 1.54) is 12.1 Å². The first-order valence-electron chi connectivity index (χ1n) is 4.11. The largest absolute Gasteiger partial charge is 0.273 e. The van der Waals surface area contributed by atoms with Gasteiger partial charge in [-0.1, -0.05) is 22.0 Å². The molecule has 0 radical (unpaired) electrons. The van der Waals surface area contributed by atoms with E-state index in [1.807, 2.05) is 0 Å². The van der Waals surface area contributed by atoms with Crippen LogP contribution in [0.1, 0.15) is 5.56 Å². The molecule has 0 fully saturated rings. The maximum Gasteiger partial charge on any atom is 0.273 e. The van der Waals surface area contributed by atoms with Crippen molar-refractivity contribution < 1.29 is 9.72 Å². The van der Waals surface area contributed by atoms with Crippen LogP contribution in [0.15, 0.2) is 27.7 Å². The second kappa shape index (κ2) is 5.38. The van der Waals surface area contributed by atoms with E-state index < -0.39 is 4.92 Å². The van der Waals surface area contributed by atoms with Crippen molar-refractivity contribution in [2.75, 3.05) is 6.54 Å². The van der Waals surface area contributed by atoms with Crippen molar-refractivity contribution in [1.29, 1.82) is 0 Å². The van der Waals surface area contributed by atoms with Crippen LogP contribution in [0.4, 0.5) is 5.69 Å². The van der Waals surface area contributed by atoms with Crippen molar-refractivity contribution in [3.05, 3.63) is 38.3 Å². The second-order valence-corrected chi connectivity index (χ2v) is 3.67. The average Bonchev–Trinajstić information content (AvgIpc) is 2.20. The van der Waals surface area contributed by atoms with Crippen LogP contribution in [0, 0.1) is 10.1 Å². The Morgan fingerprint density at radius 3 is 2.87 bits per heavy atom. The Kier molecular flexibility index (Phi) is 4.15. The van der Waals surface area contributed by atoms with Crippen molar-refractivity contribution in [2.24, 2.45) is 4.99 Å². The van der Waals surface area contributed by atoms with Gasteiger partial charge in [0.1, 0.15) is 0 Å². The van der Waals surface area contributed by atoms with Gasteiger partial charge in [0.05, 0.1) is 11.5 Å². The van der Waals surface area contributed by atoms with Gasteiger partial charge < -0.3 is 0 Å². The Bertz CT molecular complexity index is 427. The minimum absolute atomic E-state index is 0.0328. The Labute approximate surface area is 94.1 Å². The van der Waals surface area contributed by atoms with Crippen LogP contribution >= 0.6 is 15.9 Å². The molecule has 0 aliphatic rings. The molecule has 0 heterocycles. The number of halogens is 1. The third kappa shape index (κ3) is 3.27. The van der Waals surface area contributed by atoms with Crippen molar-refractivity contribution in [1.82, 2.24) is 0 Å². The van der Waals surface area contributed by atoms with E-state index in [1.54, 1.807) is 12.1 Å². The van der Waals surface area contributed by atoms with Crippen LogP contribution in [0.2, 0.25) is 0 Å². The summed E-state index contributed by atoms with van der Waals surface area (Å²) in [4.78, 5) is 23.4. The van der Waals surface area contributed by atoms with Gasteiger partial charge in [-0.2, -0.15) is 0 Å². The quantitative estimate of drug-likeness (QED) is 0.365. The lowest BCUT2D eigenvalue weighted by Gasteiger charge is -2.00. The lowest BCUT2D eigenvalue weighted by Crippen LogP contribution is -1.97. The first-order chi connectivity index (χ1) is 7.15. The first-order valence-corrected chi connectivity index (χ1v) is 4.91. The van der Waals surface area contributed by atoms with Crippen molar-refractivity contribution >= 4 is 27.7 Å². The van der Waals surface area contributed by atoms with Crippen LogP contribution in [0.25, 0.3) is 0 Å². The zero-order valence-electron chi connectivity index (χ0n) is 7.64. The van der Waals surface area contributed by atoms with Gasteiger partial charge in [-0.15, -0.1) is 0 Å². The third-order valence-corrected chi connectivity index (χ3v) is 2.29. The fourth-order valence-electron chi connectivity index (χ4n) is 1.14. The summed E-state index contributed by atoms with van der Waals surface area (Å²) in [5.74, 6) is 0. The molecule has 5 nitrogen and oxygen atoms in total. The van der Waals surface area contributed by atoms with Gasteiger partial charge in [0.15, 0.2) is 0 Å². The number of aliphatic imine (C=N–C) groups is 1. The minimum atomic E-state index is -0.454. The van der Waals surface area contributed by atoms with Gasteiger partial charge in [0.25, 0.3) is 5.69 Å². The summed E-state index contributed by atoms with van der Waals surface area (Å²) in [6.45, 7) is 0.214. The van der Waals surface area contributed by atoms with Crippen molar-refractivity contribution in [3.8, 4) is 0 Å². The molecular formula is C9H7BrN2O3. The molecule has 1 rings (SSSR count). The van der Waals surface area contributed by atoms with Gasteiger partial charge in [-0.3, -0.25) is 10.1 Å². The summed E-state index contributed by atoms with van der Waals surface area (Å²) in [6, 6.07) is 4.79. The van der Waals surface area contributed by atoms with E-state index in [4.69, 9.17) is 0 Å². The van der Waals surface area contributed by atoms with E-state index in [2.05, 4.69) is 20.9 Å². The highest BCUT2D eigenvalue weighted by Crippen LogP contribution is 2.23. The molecule has 0 bridgehead atoms. The predicted octanol–water partition coefficient (Wildman–Crippen LogP) is 2.24. The third-order valence-electron chi connectivity index (χ3n) is 1.80. The number of carbonyl (C=O) groups excluding carboxylic acids is 1. The average molecular weight is 271 g/mol. The molecule has 0 unspecified atom stereocenters. The Morgan fingerprint density at radius 1 is 1.53 bits per heavy atom. The van der Waals surface area contributed by atoms with Crippen molar-refractivity contribution in [2.45, 2.75) is 6.42 Å². The van der Waals surface area contributed by atoms with Gasteiger partial charge >= 0.3 is 0 Å². The van der Waals surface area contributed by atoms with Crippen molar-refractivity contribution in [3.63, 3.8) is 0 Å². The van der Waals surface area contributed by atoms with E-state index in [0.717, 1.165) is 0 Å². The molecule has 78 valence electrons. The zero-order chi connectivity index (χ0) is 11.3. The second-order valence-electron chi connectivity index (χ2n) is 2.75. The lowest BCUT2D eigenvalue weighted by molar-refractivity contribution is -0.385. The molecule has 0 saturated heterocycles.